The van der Waals surface area contributed by atoms with Gasteiger partial charge in [0.1, 0.15) is 0 Å². The maximum Gasteiger partial charge on any atom is 0.193 e. The summed E-state index contributed by atoms with van der Waals surface area (Å²) in [6.07, 6.45) is 4.78. The monoisotopic (exact) mass is 285 g/mol. The Morgan fingerprint density at radius 1 is 1.38 bits per heavy atom. The summed E-state index contributed by atoms with van der Waals surface area (Å²) in [6, 6.07) is 10.2. The van der Waals surface area contributed by atoms with E-state index >= 15 is 0 Å². The highest BCUT2D eigenvalue weighted by Crippen LogP contribution is 2.09. The van der Waals surface area contributed by atoms with Crippen molar-refractivity contribution in [3.8, 4) is 0 Å². The van der Waals surface area contributed by atoms with E-state index in [2.05, 4.69) is 41.4 Å². The van der Waals surface area contributed by atoms with E-state index in [1.54, 1.807) is 6.20 Å². The summed E-state index contributed by atoms with van der Waals surface area (Å²) in [5.74, 6) is 0.833. The predicted molar refractivity (Wildman–Crippen MR) is 87.3 cm³/mol. The van der Waals surface area contributed by atoms with Crippen LogP contribution in [0.15, 0.2) is 47.7 Å². The highest BCUT2D eigenvalue weighted by molar-refractivity contribution is 5.92. The van der Waals surface area contributed by atoms with Gasteiger partial charge in [-0.05, 0) is 36.1 Å². The second-order valence-electron chi connectivity index (χ2n) is 5.23. The molecule has 2 aromatic rings. The minimum Gasteiger partial charge on any atom is -0.370 e. The van der Waals surface area contributed by atoms with Gasteiger partial charge in [-0.15, -0.1) is 0 Å². The number of anilines is 1. The van der Waals surface area contributed by atoms with Gasteiger partial charge in [-0.2, -0.15) is 5.10 Å². The molecule has 3 N–H and O–H groups in total. The van der Waals surface area contributed by atoms with Gasteiger partial charge in [0.05, 0.1) is 0 Å². The Balaban J connectivity index is 1.82. The summed E-state index contributed by atoms with van der Waals surface area (Å²) in [6.45, 7) is 5.79. The van der Waals surface area contributed by atoms with E-state index in [1.165, 1.54) is 5.56 Å². The normalized spacial score (nSPS) is 13.1. The largest absolute Gasteiger partial charge is 0.370 e. The lowest BCUT2D eigenvalue weighted by Crippen LogP contribution is -2.24. The van der Waals surface area contributed by atoms with Gasteiger partial charge < -0.3 is 11.1 Å². The van der Waals surface area contributed by atoms with Gasteiger partial charge in [0.15, 0.2) is 5.96 Å². The van der Waals surface area contributed by atoms with Gasteiger partial charge >= 0.3 is 0 Å². The molecule has 21 heavy (non-hydrogen) atoms. The lowest BCUT2D eigenvalue weighted by atomic mass is 10.1. The number of guanidine groups is 1. The lowest BCUT2D eigenvalue weighted by Gasteiger charge is -2.10. The number of rotatable bonds is 6. The van der Waals surface area contributed by atoms with Gasteiger partial charge in [0.25, 0.3) is 0 Å². The fourth-order valence-electron chi connectivity index (χ4n) is 2.05. The summed E-state index contributed by atoms with van der Waals surface area (Å²) < 4.78 is 1.91. The fourth-order valence-corrected chi connectivity index (χ4v) is 2.05. The van der Waals surface area contributed by atoms with E-state index in [4.69, 9.17) is 5.73 Å². The summed E-state index contributed by atoms with van der Waals surface area (Å²) >= 11 is 0. The van der Waals surface area contributed by atoms with Crippen molar-refractivity contribution < 1.29 is 0 Å². The average Bonchev–Trinajstić information content (AvgIpc) is 2.99. The van der Waals surface area contributed by atoms with Crippen molar-refractivity contribution in [2.75, 3.05) is 11.9 Å². The molecule has 5 heteroatoms. The predicted octanol–water partition coefficient (Wildman–Crippen LogP) is 2.51. The number of benzene rings is 1. The average molecular weight is 285 g/mol. The van der Waals surface area contributed by atoms with Gasteiger partial charge in [-0.3, -0.25) is 9.67 Å². The van der Waals surface area contributed by atoms with Crippen LogP contribution in [0.2, 0.25) is 0 Å². The molecular weight excluding hydrogens is 262 g/mol. The Morgan fingerprint density at radius 3 is 2.76 bits per heavy atom. The molecule has 5 nitrogen and oxygen atoms in total. The van der Waals surface area contributed by atoms with Crippen LogP contribution in [0.4, 0.5) is 5.69 Å². The highest BCUT2D eigenvalue weighted by atomic mass is 15.3. The van der Waals surface area contributed by atoms with Crippen molar-refractivity contribution in [1.29, 1.82) is 0 Å². The summed E-state index contributed by atoms with van der Waals surface area (Å²) in [5.41, 5.74) is 8.19. The first-order chi connectivity index (χ1) is 10.2. The molecule has 0 amide bonds. The van der Waals surface area contributed by atoms with Crippen LogP contribution >= 0.6 is 0 Å². The van der Waals surface area contributed by atoms with Crippen LogP contribution in [0.25, 0.3) is 0 Å². The Bertz CT molecular complexity index is 557. The molecule has 0 aliphatic carbocycles. The molecule has 1 atom stereocenters. The molecule has 0 radical (unpaired) electrons. The van der Waals surface area contributed by atoms with E-state index < -0.39 is 0 Å². The van der Waals surface area contributed by atoms with Crippen LogP contribution in [0.1, 0.15) is 19.4 Å². The molecule has 0 aliphatic heterocycles. The zero-order valence-corrected chi connectivity index (χ0v) is 12.7. The molecule has 1 aromatic heterocycles. The molecule has 0 fully saturated rings. The van der Waals surface area contributed by atoms with Crippen molar-refractivity contribution in [3.05, 3.63) is 48.3 Å². The Labute approximate surface area is 125 Å². The smallest absolute Gasteiger partial charge is 0.193 e. The number of aryl methyl sites for hydroxylation is 1. The minimum atomic E-state index is 0.382. The quantitative estimate of drug-likeness (QED) is 0.633. The molecule has 112 valence electrons. The van der Waals surface area contributed by atoms with Gasteiger partial charge in [0.2, 0.25) is 0 Å². The molecule has 0 saturated carbocycles. The van der Waals surface area contributed by atoms with Gasteiger partial charge in [0, 0.05) is 31.2 Å². The first-order valence-corrected chi connectivity index (χ1v) is 7.30. The molecule has 2 rings (SSSR count). The molecule has 1 aromatic carbocycles. The topological polar surface area (TPSA) is 68.2 Å². The number of hydrogen-bond donors (Lipinski definition) is 2. The number of nitrogens with two attached hydrogens (primary N) is 1. The van der Waals surface area contributed by atoms with Crippen LogP contribution in [0.5, 0.6) is 0 Å². The second-order valence-corrected chi connectivity index (χ2v) is 5.23. The van der Waals surface area contributed by atoms with E-state index in [0.717, 1.165) is 18.7 Å². The number of aliphatic imine (C=N–C) groups is 1. The Kier molecular flexibility index (Phi) is 5.37. The summed E-state index contributed by atoms with van der Waals surface area (Å²) in [7, 11) is 0. The summed E-state index contributed by atoms with van der Waals surface area (Å²) in [4.78, 5) is 4.38. The van der Waals surface area contributed by atoms with Crippen LogP contribution in [-0.2, 0) is 13.0 Å². The van der Waals surface area contributed by atoms with E-state index in [0.29, 0.717) is 18.4 Å². The summed E-state index contributed by atoms with van der Waals surface area (Å²) in [5, 5.41) is 7.30. The molecular formula is C16H23N5. The van der Waals surface area contributed by atoms with Crippen molar-refractivity contribution in [1.82, 2.24) is 9.78 Å². The maximum absolute atomic E-state index is 5.91. The van der Waals surface area contributed by atoms with Crippen LogP contribution in [0.3, 0.4) is 0 Å². The second kappa shape index (κ2) is 7.47. The first kappa shape index (κ1) is 15.1. The number of aromatic nitrogens is 2. The van der Waals surface area contributed by atoms with E-state index in [1.807, 2.05) is 29.1 Å². The third-order valence-corrected chi connectivity index (χ3v) is 3.27. The zero-order valence-electron chi connectivity index (χ0n) is 12.7. The van der Waals surface area contributed by atoms with Crippen molar-refractivity contribution in [3.63, 3.8) is 0 Å². The van der Waals surface area contributed by atoms with Crippen molar-refractivity contribution in [2.24, 2.45) is 16.6 Å². The fraction of sp³-hybridized carbons (Fsp3) is 0.375. The minimum absolute atomic E-state index is 0.382. The van der Waals surface area contributed by atoms with Gasteiger partial charge in [-0.1, -0.05) is 26.0 Å². The Hall–Kier alpha value is -2.30. The first-order valence-electron chi connectivity index (χ1n) is 7.30. The van der Waals surface area contributed by atoms with Crippen LogP contribution < -0.4 is 11.1 Å². The number of hydrogen-bond acceptors (Lipinski definition) is 2. The number of nitrogens with one attached hydrogen (secondary N) is 1. The van der Waals surface area contributed by atoms with E-state index in [9.17, 15) is 0 Å². The molecule has 0 saturated heterocycles. The third-order valence-electron chi connectivity index (χ3n) is 3.27. The SMILES string of the molecule is CCc1ccc(NC(N)=NC[C@H](C)Cn2cccn2)cc1. The van der Waals surface area contributed by atoms with Crippen molar-refractivity contribution >= 4 is 11.6 Å². The zero-order chi connectivity index (χ0) is 15.1. The highest BCUT2D eigenvalue weighted by Gasteiger charge is 2.03. The molecule has 0 aliphatic rings. The standard InChI is InChI=1S/C16H23N5/c1-3-14-5-7-15(8-6-14)20-16(17)18-11-13(2)12-21-10-4-9-19-21/h4-10,13H,3,11-12H2,1-2H3,(H3,17,18,20)/t13-/m0/s1. The van der Waals surface area contributed by atoms with E-state index in [-0.39, 0.29) is 0 Å². The molecule has 0 spiro atoms. The maximum atomic E-state index is 5.91. The third kappa shape index (κ3) is 4.95. The number of nitrogens with zero attached hydrogens (tertiary/aromatic N) is 3. The van der Waals surface area contributed by atoms with Gasteiger partial charge in [-0.25, -0.2) is 0 Å². The Morgan fingerprint density at radius 2 is 2.14 bits per heavy atom. The molecule has 1 heterocycles. The van der Waals surface area contributed by atoms with Crippen molar-refractivity contribution in [2.45, 2.75) is 26.8 Å². The van der Waals surface area contributed by atoms with Crippen LogP contribution in [0, 0.1) is 5.92 Å². The molecule has 0 bridgehead atoms. The lowest BCUT2D eigenvalue weighted by molar-refractivity contribution is 0.459. The molecule has 0 unspecified atom stereocenters. The van der Waals surface area contributed by atoms with Crippen LogP contribution in [-0.4, -0.2) is 22.3 Å².